The zero-order valence-electron chi connectivity index (χ0n) is 21.3. The lowest BCUT2D eigenvalue weighted by molar-refractivity contribution is -0.0163. The molecular weight excluding hydrogens is 536 g/mol. The Balaban J connectivity index is 0. The molecule has 8 heteroatoms. The lowest BCUT2D eigenvalue weighted by atomic mass is 10.1. The van der Waals surface area contributed by atoms with Crippen LogP contribution in [-0.4, -0.2) is 85.8 Å². The zero-order valence-corrected chi connectivity index (χ0v) is 24.5. The molecule has 0 aromatic carbocycles. The fourth-order valence-corrected chi connectivity index (χ4v) is 3.07. The molecule has 188 valence electrons. The molecule has 0 aliphatic heterocycles. The van der Waals surface area contributed by atoms with E-state index < -0.39 is 6.23 Å². The van der Waals surface area contributed by atoms with Crippen LogP contribution in [0.5, 0.6) is 0 Å². The number of carbonyl (C=O) groups is 1. The number of halogens is 2. The van der Waals surface area contributed by atoms with Gasteiger partial charge in [-0.25, -0.2) is 4.79 Å². The number of alkyl halides is 2. The fraction of sp³-hybridized carbons (Fsp3) is 0.750. The van der Waals surface area contributed by atoms with Crippen LogP contribution in [0.3, 0.4) is 0 Å². The number of rotatable bonds is 14. The van der Waals surface area contributed by atoms with Gasteiger partial charge in [0.2, 0.25) is 6.23 Å². The van der Waals surface area contributed by atoms with E-state index in [9.17, 15) is 4.79 Å². The van der Waals surface area contributed by atoms with E-state index in [1.807, 2.05) is 36.9 Å². The van der Waals surface area contributed by atoms with Crippen molar-refractivity contribution in [2.75, 3.05) is 60.0 Å². The van der Waals surface area contributed by atoms with Crippen LogP contribution in [0.15, 0.2) is 24.4 Å². The van der Waals surface area contributed by atoms with Crippen LogP contribution >= 0.6 is 31.9 Å². The highest BCUT2D eigenvalue weighted by Crippen LogP contribution is 2.20. The highest BCUT2D eigenvalue weighted by Gasteiger charge is 2.23. The van der Waals surface area contributed by atoms with E-state index >= 15 is 0 Å². The van der Waals surface area contributed by atoms with Crippen molar-refractivity contribution in [3.05, 3.63) is 30.1 Å². The molecule has 1 heterocycles. The molecule has 1 unspecified atom stereocenters. The molecule has 0 saturated carbocycles. The predicted molar refractivity (Wildman–Crippen MR) is 145 cm³/mol. The SMILES string of the molecule is CBr.CBr.CN(C)CCCCCCCCCCN(C)C(OC(=O)N(C)C)c1ccccn1. The summed E-state index contributed by atoms with van der Waals surface area (Å²) in [4.78, 5) is 22.2. The summed E-state index contributed by atoms with van der Waals surface area (Å²) >= 11 is 5.88. The van der Waals surface area contributed by atoms with Gasteiger partial charge in [-0.1, -0.05) is 76.5 Å². The number of hydrogen-bond acceptors (Lipinski definition) is 5. The molecule has 1 rings (SSSR count). The summed E-state index contributed by atoms with van der Waals surface area (Å²) in [5.74, 6) is 3.62. The number of pyridine rings is 1. The molecule has 6 nitrogen and oxygen atoms in total. The molecule has 1 aromatic heterocycles. The van der Waals surface area contributed by atoms with Crippen LogP contribution in [0.2, 0.25) is 0 Å². The molecule has 0 saturated heterocycles. The van der Waals surface area contributed by atoms with Crippen LogP contribution in [-0.2, 0) is 4.74 Å². The van der Waals surface area contributed by atoms with Crippen molar-refractivity contribution in [3.63, 3.8) is 0 Å². The Morgan fingerprint density at radius 1 is 0.844 bits per heavy atom. The number of nitrogens with zero attached hydrogens (tertiary/aromatic N) is 4. The summed E-state index contributed by atoms with van der Waals surface area (Å²) < 4.78 is 5.66. The van der Waals surface area contributed by atoms with Gasteiger partial charge in [0.25, 0.3) is 0 Å². The van der Waals surface area contributed by atoms with Gasteiger partial charge in [0.05, 0.1) is 5.69 Å². The number of unbranched alkanes of at least 4 members (excludes halogenated alkanes) is 7. The molecule has 0 N–H and O–H groups in total. The van der Waals surface area contributed by atoms with Crippen LogP contribution in [0.25, 0.3) is 0 Å². The minimum atomic E-state index is -0.451. The third-order valence-corrected chi connectivity index (χ3v) is 4.78. The minimum Gasteiger partial charge on any atom is -0.424 e. The Bertz CT molecular complexity index is 534. The summed E-state index contributed by atoms with van der Waals surface area (Å²) in [6.45, 7) is 2.08. The summed E-state index contributed by atoms with van der Waals surface area (Å²) in [5, 5.41) is 0. The second-order valence-electron chi connectivity index (χ2n) is 8.00. The third-order valence-electron chi connectivity index (χ3n) is 4.78. The van der Waals surface area contributed by atoms with Crippen LogP contribution in [0.4, 0.5) is 4.79 Å². The van der Waals surface area contributed by atoms with E-state index in [-0.39, 0.29) is 6.09 Å². The van der Waals surface area contributed by atoms with Crippen LogP contribution < -0.4 is 0 Å². The van der Waals surface area contributed by atoms with Gasteiger partial charge in [0, 0.05) is 26.8 Å². The van der Waals surface area contributed by atoms with Gasteiger partial charge in [-0.3, -0.25) is 9.88 Å². The first-order valence-corrected chi connectivity index (χ1v) is 14.5. The Morgan fingerprint density at radius 2 is 1.34 bits per heavy atom. The number of aromatic nitrogens is 1. The number of amides is 1. The standard InChI is InChI=1S/C22H40N4O2.2CH3Br/c1-24(2)18-14-10-8-6-7-9-11-15-19-26(5)21(28-22(27)25(3)4)20-16-12-13-17-23-20;2*1-2/h12-13,16-17,21H,6-11,14-15,18-19H2,1-5H3;2*1H3. The van der Waals surface area contributed by atoms with Crippen LogP contribution in [0, 0.1) is 0 Å². The lowest BCUT2D eigenvalue weighted by Gasteiger charge is -2.28. The van der Waals surface area contributed by atoms with Crippen molar-refractivity contribution < 1.29 is 9.53 Å². The molecule has 32 heavy (non-hydrogen) atoms. The summed E-state index contributed by atoms with van der Waals surface area (Å²) in [5.41, 5.74) is 0.762. The largest absolute Gasteiger partial charge is 0.424 e. The lowest BCUT2D eigenvalue weighted by Crippen LogP contribution is -2.34. The van der Waals surface area contributed by atoms with Crippen molar-refractivity contribution in [2.45, 2.75) is 57.6 Å². The van der Waals surface area contributed by atoms with Crippen molar-refractivity contribution in [3.8, 4) is 0 Å². The zero-order chi connectivity index (χ0) is 24.8. The highest BCUT2D eigenvalue weighted by atomic mass is 79.9. The average Bonchev–Trinajstić information content (AvgIpc) is 2.81. The van der Waals surface area contributed by atoms with Crippen molar-refractivity contribution in [1.29, 1.82) is 0 Å². The Hall–Kier alpha value is -0.700. The first kappa shape index (κ1) is 33.5. The van der Waals surface area contributed by atoms with E-state index in [4.69, 9.17) is 4.74 Å². The second-order valence-corrected chi connectivity index (χ2v) is 8.00. The molecule has 0 fully saturated rings. The van der Waals surface area contributed by atoms with Gasteiger partial charge >= 0.3 is 6.09 Å². The van der Waals surface area contributed by atoms with E-state index in [2.05, 4.69) is 60.7 Å². The smallest absolute Gasteiger partial charge is 0.411 e. The van der Waals surface area contributed by atoms with Gasteiger partial charge in [-0.05, 0) is 64.3 Å². The van der Waals surface area contributed by atoms with E-state index in [0.29, 0.717) is 0 Å². The maximum absolute atomic E-state index is 12.0. The first-order chi connectivity index (χ1) is 15.4. The third kappa shape index (κ3) is 17.8. The molecular formula is C24H46Br2N4O2. The Morgan fingerprint density at radius 3 is 1.78 bits per heavy atom. The molecule has 1 atom stereocenters. The molecule has 0 aliphatic carbocycles. The summed E-state index contributed by atoms with van der Waals surface area (Å²) in [6, 6.07) is 5.69. The maximum atomic E-state index is 12.0. The van der Waals surface area contributed by atoms with Gasteiger partial charge in [-0.2, -0.15) is 0 Å². The Labute approximate surface area is 214 Å². The topological polar surface area (TPSA) is 48.9 Å². The fourth-order valence-electron chi connectivity index (χ4n) is 3.07. The Kier molecular flexibility index (Phi) is 24.5. The van der Waals surface area contributed by atoms with Crippen molar-refractivity contribution >= 4 is 38.0 Å². The minimum absolute atomic E-state index is 0.350. The molecule has 0 spiro atoms. The molecule has 0 radical (unpaired) electrons. The van der Waals surface area contributed by atoms with Gasteiger partial charge < -0.3 is 14.5 Å². The number of carbonyl (C=O) groups excluding carboxylic acids is 1. The van der Waals surface area contributed by atoms with Gasteiger partial charge in [0.15, 0.2) is 0 Å². The summed E-state index contributed by atoms with van der Waals surface area (Å²) in [7, 11) is 9.65. The first-order valence-electron chi connectivity index (χ1n) is 11.3. The van der Waals surface area contributed by atoms with Gasteiger partial charge in [0.1, 0.15) is 0 Å². The predicted octanol–water partition coefficient (Wildman–Crippen LogP) is 6.41. The average molecular weight is 582 g/mol. The van der Waals surface area contributed by atoms with Crippen molar-refractivity contribution in [2.24, 2.45) is 0 Å². The van der Waals surface area contributed by atoms with Crippen molar-refractivity contribution in [1.82, 2.24) is 19.7 Å². The highest BCUT2D eigenvalue weighted by molar-refractivity contribution is 9.09. The number of hydrogen-bond donors (Lipinski definition) is 0. The molecule has 0 aliphatic rings. The molecule has 0 bridgehead atoms. The normalized spacial score (nSPS) is 11.2. The van der Waals surface area contributed by atoms with Gasteiger partial charge in [-0.15, -0.1) is 0 Å². The molecule has 1 amide bonds. The second kappa shape index (κ2) is 23.5. The number of ether oxygens (including phenoxy) is 1. The summed E-state index contributed by atoms with van der Waals surface area (Å²) in [6.07, 6.45) is 11.1. The van der Waals surface area contributed by atoms with Crippen LogP contribution in [0.1, 0.15) is 63.3 Å². The molecule has 1 aromatic rings. The monoisotopic (exact) mass is 580 g/mol. The van der Waals surface area contributed by atoms with E-state index in [1.54, 1.807) is 20.3 Å². The maximum Gasteiger partial charge on any atom is 0.411 e. The van der Waals surface area contributed by atoms with E-state index in [1.165, 1.54) is 56.4 Å². The van der Waals surface area contributed by atoms with E-state index in [0.717, 1.165) is 18.7 Å². The quantitative estimate of drug-likeness (QED) is 0.144.